The zero-order valence-electron chi connectivity index (χ0n) is 3.98. The van der Waals surface area contributed by atoms with Gasteiger partial charge in [0, 0.05) is 0 Å². The quantitative estimate of drug-likeness (QED) is 0.249. The van der Waals surface area contributed by atoms with Crippen LogP contribution in [0.25, 0.3) is 0 Å². The number of hydrogen-bond donors (Lipinski definition) is 1. The minimum Gasteiger partial charge on any atom is -0.437 e. The minimum atomic E-state index is 0.252. The van der Waals surface area contributed by atoms with Crippen LogP contribution in [0.1, 0.15) is 0 Å². The molecule has 0 fully saturated rings. The first-order valence-corrected chi connectivity index (χ1v) is 1.79. The highest BCUT2D eigenvalue weighted by Gasteiger charge is 1.72. The summed E-state index contributed by atoms with van der Waals surface area (Å²) in [6.45, 7) is 1.20. The largest absolute Gasteiger partial charge is 0.437 e. The van der Waals surface area contributed by atoms with Crippen LogP contribution in [-0.4, -0.2) is 11.7 Å². The molecule has 45 valence electrons. The second kappa shape index (κ2) is 6.13. The molecular weight excluding hydrogens is 112 g/mol. The van der Waals surface area contributed by atoms with Crippen molar-refractivity contribution in [1.29, 1.82) is 0 Å². The SMILES string of the molecule is O=CO/C=C/[CH]OO. The van der Waals surface area contributed by atoms with E-state index in [1.54, 1.807) is 0 Å². The van der Waals surface area contributed by atoms with E-state index in [4.69, 9.17) is 5.26 Å². The average molecular weight is 117 g/mol. The van der Waals surface area contributed by atoms with Gasteiger partial charge in [0.2, 0.25) is 0 Å². The monoisotopic (exact) mass is 117 g/mol. The van der Waals surface area contributed by atoms with Gasteiger partial charge in [0.05, 0.1) is 6.26 Å². The van der Waals surface area contributed by atoms with E-state index in [0.29, 0.717) is 0 Å². The second-order valence-electron chi connectivity index (χ2n) is 0.802. The summed E-state index contributed by atoms with van der Waals surface area (Å²) in [5, 5.41) is 7.61. The first-order valence-electron chi connectivity index (χ1n) is 1.79. The molecule has 0 aromatic heterocycles. The Morgan fingerprint density at radius 3 is 2.75 bits per heavy atom. The zero-order valence-corrected chi connectivity index (χ0v) is 3.98. The van der Waals surface area contributed by atoms with Gasteiger partial charge in [-0.15, -0.1) is 0 Å². The van der Waals surface area contributed by atoms with Crippen molar-refractivity contribution in [1.82, 2.24) is 0 Å². The summed E-state index contributed by atoms with van der Waals surface area (Å²) in [4.78, 5) is 12.9. The predicted molar refractivity (Wildman–Crippen MR) is 24.3 cm³/mol. The van der Waals surface area contributed by atoms with E-state index in [2.05, 4.69) is 9.62 Å². The van der Waals surface area contributed by atoms with Gasteiger partial charge in [-0.2, -0.15) is 0 Å². The number of ether oxygens (including phenoxy) is 1. The molecule has 4 nitrogen and oxygen atoms in total. The molecule has 0 amide bonds. The Kier molecular flexibility index (Phi) is 5.46. The van der Waals surface area contributed by atoms with Crippen LogP contribution in [0.2, 0.25) is 0 Å². The van der Waals surface area contributed by atoms with Gasteiger partial charge < -0.3 is 4.74 Å². The molecule has 0 spiro atoms. The van der Waals surface area contributed by atoms with Crippen LogP contribution >= 0.6 is 0 Å². The Morgan fingerprint density at radius 2 is 2.25 bits per heavy atom. The number of hydrogen-bond acceptors (Lipinski definition) is 4. The molecule has 0 aliphatic heterocycles. The fourth-order valence-electron chi connectivity index (χ4n) is 0.145. The molecule has 0 aromatic carbocycles. The Labute approximate surface area is 46.3 Å². The molecule has 0 unspecified atom stereocenters. The fraction of sp³-hybridized carbons (Fsp3) is 0. The first kappa shape index (κ1) is 7.13. The van der Waals surface area contributed by atoms with Gasteiger partial charge in [-0.25, -0.2) is 4.89 Å². The molecular formula is C4H5O4. The van der Waals surface area contributed by atoms with Crippen molar-refractivity contribution in [3.63, 3.8) is 0 Å². The number of rotatable bonds is 4. The Balaban J connectivity index is 2.94. The maximum atomic E-state index is 9.38. The summed E-state index contributed by atoms with van der Waals surface area (Å²) in [6.07, 6.45) is 2.28. The molecule has 0 saturated heterocycles. The van der Waals surface area contributed by atoms with Crippen LogP contribution in [0.4, 0.5) is 0 Å². The Hall–Kier alpha value is -0.870. The molecule has 0 aliphatic rings. The fourth-order valence-corrected chi connectivity index (χ4v) is 0.145. The molecule has 0 aliphatic carbocycles. The molecule has 4 heteroatoms. The molecule has 1 radical (unpaired) electrons. The summed E-state index contributed by atoms with van der Waals surface area (Å²) < 4.78 is 4.05. The highest BCUT2D eigenvalue weighted by molar-refractivity contribution is 5.38. The van der Waals surface area contributed by atoms with Gasteiger partial charge in [0.1, 0.15) is 6.61 Å². The molecule has 8 heavy (non-hydrogen) atoms. The van der Waals surface area contributed by atoms with Crippen molar-refractivity contribution in [3.8, 4) is 0 Å². The lowest BCUT2D eigenvalue weighted by Crippen LogP contribution is -1.75. The van der Waals surface area contributed by atoms with E-state index in [1.165, 1.54) is 6.08 Å². The summed E-state index contributed by atoms with van der Waals surface area (Å²) in [5.41, 5.74) is 0. The molecule has 0 bridgehead atoms. The minimum absolute atomic E-state index is 0.252. The average Bonchev–Trinajstić information content (AvgIpc) is 1.81. The van der Waals surface area contributed by atoms with E-state index < -0.39 is 0 Å². The molecule has 0 heterocycles. The maximum absolute atomic E-state index is 9.38. The third-order valence-electron chi connectivity index (χ3n) is 0.352. The van der Waals surface area contributed by atoms with Crippen LogP contribution in [-0.2, 0) is 14.4 Å². The second-order valence-corrected chi connectivity index (χ2v) is 0.802. The van der Waals surface area contributed by atoms with Crippen LogP contribution < -0.4 is 0 Å². The van der Waals surface area contributed by atoms with Crippen molar-refractivity contribution in [2.24, 2.45) is 0 Å². The summed E-state index contributed by atoms with van der Waals surface area (Å²) in [5.74, 6) is 0. The lowest BCUT2D eigenvalue weighted by Gasteiger charge is -1.82. The normalized spacial score (nSPS) is 9.62. The van der Waals surface area contributed by atoms with Gasteiger partial charge in [-0.1, -0.05) is 0 Å². The number of carbonyl (C=O) groups is 1. The summed E-state index contributed by atoms with van der Waals surface area (Å²) in [7, 11) is 0. The van der Waals surface area contributed by atoms with E-state index in [-0.39, 0.29) is 6.47 Å². The lowest BCUT2D eigenvalue weighted by atomic mass is 10.7. The Morgan fingerprint density at radius 1 is 1.50 bits per heavy atom. The highest BCUT2D eigenvalue weighted by Crippen LogP contribution is 1.78. The molecule has 0 saturated carbocycles. The van der Waals surface area contributed by atoms with Crippen molar-refractivity contribution in [2.75, 3.05) is 0 Å². The topological polar surface area (TPSA) is 55.8 Å². The van der Waals surface area contributed by atoms with Crippen LogP contribution in [0.5, 0.6) is 0 Å². The molecule has 0 rings (SSSR count). The Bertz CT molecular complexity index is 78.1. The summed E-state index contributed by atoms with van der Waals surface area (Å²) >= 11 is 0. The standard InChI is InChI=1S/C4H5O4/c5-4-7-2-1-3-8-6/h1-4,6H/b2-1+. The van der Waals surface area contributed by atoms with E-state index in [1.807, 2.05) is 0 Å². The number of carbonyl (C=O) groups excluding carboxylic acids is 1. The molecule has 0 aromatic rings. The first-order chi connectivity index (χ1) is 3.91. The van der Waals surface area contributed by atoms with E-state index in [0.717, 1.165) is 12.9 Å². The van der Waals surface area contributed by atoms with E-state index in [9.17, 15) is 4.79 Å². The van der Waals surface area contributed by atoms with Gasteiger partial charge in [0.25, 0.3) is 6.47 Å². The van der Waals surface area contributed by atoms with Crippen molar-refractivity contribution < 1.29 is 19.7 Å². The highest BCUT2D eigenvalue weighted by atomic mass is 17.1. The third kappa shape index (κ3) is 5.13. The predicted octanol–water partition coefficient (Wildman–Crippen LogP) is 0.324. The van der Waals surface area contributed by atoms with Crippen LogP contribution in [0, 0.1) is 6.61 Å². The van der Waals surface area contributed by atoms with Crippen LogP contribution in [0.15, 0.2) is 12.3 Å². The maximum Gasteiger partial charge on any atom is 0.297 e. The van der Waals surface area contributed by atoms with Crippen molar-refractivity contribution >= 4 is 6.47 Å². The molecule has 0 atom stereocenters. The van der Waals surface area contributed by atoms with Gasteiger partial charge in [-0.3, -0.25) is 10.1 Å². The smallest absolute Gasteiger partial charge is 0.297 e. The van der Waals surface area contributed by atoms with Crippen molar-refractivity contribution in [3.05, 3.63) is 18.9 Å². The lowest BCUT2D eigenvalue weighted by molar-refractivity contribution is -0.204. The zero-order chi connectivity index (χ0) is 6.24. The van der Waals surface area contributed by atoms with Gasteiger partial charge in [0.15, 0.2) is 0 Å². The third-order valence-corrected chi connectivity index (χ3v) is 0.352. The van der Waals surface area contributed by atoms with E-state index >= 15 is 0 Å². The summed E-state index contributed by atoms with van der Waals surface area (Å²) in [6, 6.07) is 0. The van der Waals surface area contributed by atoms with Gasteiger partial charge in [-0.05, 0) is 6.08 Å². The van der Waals surface area contributed by atoms with Crippen molar-refractivity contribution in [2.45, 2.75) is 0 Å². The molecule has 1 N–H and O–H groups in total. The van der Waals surface area contributed by atoms with Crippen LogP contribution in [0.3, 0.4) is 0 Å². The van der Waals surface area contributed by atoms with Gasteiger partial charge >= 0.3 is 0 Å².